The number of benzene rings is 1. The van der Waals surface area contributed by atoms with Gasteiger partial charge in [-0.2, -0.15) is 0 Å². The van der Waals surface area contributed by atoms with E-state index >= 15 is 0 Å². The minimum absolute atomic E-state index is 0.235. The number of hydrogen-bond acceptors (Lipinski definition) is 2. The molecule has 0 radical (unpaired) electrons. The van der Waals surface area contributed by atoms with Crippen molar-refractivity contribution in [2.24, 2.45) is 5.92 Å². The van der Waals surface area contributed by atoms with E-state index in [4.69, 9.17) is 5.73 Å². The summed E-state index contributed by atoms with van der Waals surface area (Å²) in [6.07, 6.45) is 2.84. The third-order valence-electron chi connectivity index (χ3n) is 4.03. The molecular formula is C15H22N2O. The van der Waals surface area contributed by atoms with Crippen molar-refractivity contribution in [3.8, 4) is 0 Å². The van der Waals surface area contributed by atoms with E-state index in [1.54, 1.807) is 0 Å². The second kappa shape index (κ2) is 5.42. The standard InChI is InChI=1S/C15H22N2O/c1-11-4-3-9-17(12(11)2)15(18)10-13-5-7-14(16)8-6-13/h5-8,11-12H,3-4,9-10,16H2,1-2H3/t11-,12+/m0/s1. The number of nitrogens with zero attached hydrogens (tertiary/aromatic N) is 1. The van der Waals surface area contributed by atoms with Crippen molar-refractivity contribution in [1.29, 1.82) is 0 Å². The van der Waals surface area contributed by atoms with Gasteiger partial charge in [0, 0.05) is 18.3 Å². The van der Waals surface area contributed by atoms with Crippen LogP contribution in [0.3, 0.4) is 0 Å². The van der Waals surface area contributed by atoms with E-state index in [-0.39, 0.29) is 5.91 Å². The van der Waals surface area contributed by atoms with Crippen LogP contribution in [0.2, 0.25) is 0 Å². The first kappa shape index (κ1) is 12.9. The molecule has 0 saturated carbocycles. The van der Waals surface area contributed by atoms with Gasteiger partial charge in [0.1, 0.15) is 0 Å². The van der Waals surface area contributed by atoms with E-state index < -0.39 is 0 Å². The molecule has 1 heterocycles. The summed E-state index contributed by atoms with van der Waals surface area (Å²) in [4.78, 5) is 14.3. The van der Waals surface area contributed by atoms with Crippen LogP contribution in [0.4, 0.5) is 5.69 Å². The van der Waals surface area contributed by atoms with E-state index in [9.17, 15) is 4.79 Å². The number of rotatable bonds is 2. The van der Waals surface area contributed by atoms with Gasteiger partial charge in [0.05, 0.1) is 6.42 Å². The van der Waals surface area contributed by atoms with Gasteiger partial charge < -0.3 is 10.6 Å². The highest BCUT2D eigenvalue weighted by molar-refractivity contribution is 5.79. The van der Waals surface area contributed by atoms with Crippen molar-refractivity contribution in [3.05, 3.63) is 29.8 Å². The molecule has 1 amide bonds. The molecule has 98 valence electrons. The fourth-order valence-corrected chi connectivity index (χ4v) is 2.60. The number of amides is 1. The quantitative estimate of drug-likeness (QED) is 0.815. The molecule has 0 aromatic heterocycles. The third kappa shape index (κ3) is 2.84. The molecule has 1 saturated heterocycles. The van der Waals surface area contributed by atoms with Crippen molar-refractivity contribution >= 4 is 11.6 Å². The Morgan fingerprint density at radius 2 is 2.00 bits per heavy atom. The Kier molecular flexibility index (Phi) is 3.90. The predicted molar refractivity (Wildman–Crippen MR) is 74.1 cm³/mol. The molecule has 2 N–H and O–H groups in total. The molecule has 3 nitrogen and oxygen atoms in total. The highest BCUT2D eigenvalue weighted by Crippen LogP contribution is 2.23. The number of carbonyl (C=O) groups excluding carboxylic acids is 1. The molecule has 1 fully saturated rings. The van der Waals surface area contributed by atoms with Gasteiger partial charge in [-0.15, -0.1) is 0 Å². The molecule has 0 spiro atoms. The average molecular weight is 246 g/mol. The zero-order valence-electron chi connectivity index (χ0n) is 11.2. The van der Waals surface area contributed by atoms with Gasteiger partial charge in [-0.1, -0.05) is 19.1 Å². The summed E-state index contributed by atoms with van der Waals surface area (Å²) in [6.45, 7) is 5.29. The largest absolute Gasteiger partial charge is 0.399 e. The Morgan fingerprint density at radius 3 is 2.67 bits per heavy atom. The van der Waals surface area contributed by atoms with Crippen molar-refractivity contribution in [3.63, 3.8) is 0 Å². The minimum Gasteiger partial charge on any atom is -0.399 e. The molecule has 1 aromatic rings. The summed E-state index contributed by atoms with van der Waals surface area (Å²) in [5.41, 5.74) is 7.43. The zero-order valence-corrected chi connectivity index (χ0v) is 11.2. The molecule has 18 heavy (non-hydrogen) atoms. The maximum absolute atomic E-state index is 12.3. The summed E-state index contributed by atoms with van der Waals surface area (Å²) in [5, 5.41) is 0. The summed E-state index contributed by atoms with van der Waals surface area (Å²) in [5.74, 6) is 0.841. The van der Waals surface area contributed by atoms with Crippen LogP contribution in [0.15, 0.2) is 24.3 Å². The first-order valence-corrected chi connectivity index (χ1v) is 6.72. The van der Waals surface area contributed by atoms with Crippen LogP contribution in [-0.4, -0.2) is 23.4 Å². The van der Waals surface area contributed by atoms with Crippen LogP contribution in [0.5, 0.6) is 0 Å². The molecule has 2 rings (SSSR count). The lowest BCUT2D eigenvalue weighted by Crippen LogP contribution is -2.46. The molecule has 0 aliphatic carbocycles. The van der Waals surface area contributed by atoms with Crippen LogP contribution in [0.25, 0.3) is 0 Å². The fourth-order valence-electron chi connectivity index (χ4n) is 2.60. The summed E-state index contributed by atoms with van der Waals surface area (Å²) in [6, 6.07) is 7.94. The third-order valence-corrected chi connectivity index (χ3v) is 4.03. The van der Waals surface area contributed by atoms with Crippen LogP contribution in [0.1, 0.15) is 32.3 Å². The summed E-state index contributed by atoms with van der Waals surface area (Å²) >= 11 is 0. The number of carbonyl (C=O) groups is 1. The van der Waals surface area contributed by atoms with Gasteiger partial charge in [-0.3, -0.25) is 4.79 Å². The molecule has 0 bridgehead atoms. The van der Waals surface area contributed by atoms with Crippen LogP contribution < -0.4 is 5.73 Å². The van der Waals surface area contributed by atoms with Crippen molar-refractivity contribution in [2.75, 3.05) is 12.3 Å². The van der Waals surface area contributed by atoms with E-state index in [2.05, 4.69) is 13.8 Å². The number of nitrogens with two attached hydrogens (primary N) is 1. The van der Waals surface area contributed by atoms with E-state index in [0.29, 0.717) is 18.4 Å². The van der Waals surface area contributed by atoms with Crippen molar-refractivity contribution in [2.45, 2.75) is 39.2 Å². The molecule has 2 atom stereocenters. The molecular weight excluding hydrogens is 224 g/mol. The lowest BCUT2D eigenvalue weighted by atomic mass is 9.91. The van der Waals surface area contributed by atoms with Gasteiger partial charge in [0.15, 0.2) is 0 Å². The van der Waals surface area contributed by atoms with E-state index in [1.807, 2.05) is 29.2 Å². The fraction of sp³-hybridized carbons (Fsp3) is 0.533. The number of hydrogen-bond donors (Lipinski definition) is 1. The van der Waals surface area contributed by atoms with Gasteiger partial charge in [0.25, 0.3) is 0 Å². The predicted octanol–water partition coefficient (Wildman–Crippen LogP) is 2.46. The Labute approximate surface area is 109 Å². The second-order valence-electron chi connectivity index (χ2n) is 5.37. The topological polar surface area (TPSA) is 46.3 Å². The first-order valence-electron chi connectivity index (χ1n) is 6.72. The molecule has 3 heteroatoms. The normalized spacial score (nSPS) is 24.0. The number of nitrogen functional groups attached to an aromatic ring is 1. The first-order chi connectivity index (χ1) is 8.58. The van der Waals surface area contributed by atoms with Crippen molar-refractivity contribution in [1.82, 2.24) is 4.90 Å². The van der Waals surface area contributed by atoms with Gasteiger partial charge in [-0.25, -0.2) is 0 Å². The maximum atomic E-state index is 12.3. The average Bonchev–Trinajstić information content (AvgIpc) is 2.35. The van der Waals surface area contributed by atoms with E-state index in [0.717, 1.165) is 24.2 Å². The molecule has 1 aliphatic rings. The van der Waals surface area contributed by atoms with Crippen molar-refractivity contribution < 1.29 is 4.79 Å². The van der Waals surface area contributed by atoms with Crippen LogP contribution in [-0.2, 0) is 11.2 Å². The van der Waals surface area contributed by atoms with Gasteiger partial charge in [-0.05, 0) is 43.4 Å². The molecule has 0 unspecified atom stereocenters. The summed E-state index contributed by atoms with van der Waals surface area (Å²) < 4.78 is 0. The SMILES string of the molecule is C[C@@H]1[C@@H](C)CCCN1C(=O)Cc1ccc(N)cc1. The highest BCUT2D eigenvalue weighted by atomic mass is 16.2. The highest BCUT2D eigenvalue weighted by Gasteiger charge is 2.27. The number of likely N-dealkylation sites (tertiary alicyclic amines) is 1. The zero-order chi connectivity index (χ0) is 13.1. The lowest BCUT2D eigenvalue weighted by molar-refractivity contribution is -0.135. The Hall–Kier alpha value is -1.51. The molecule has 1 aromatic carbocycles. The minimum atomic E-state index is 0.235. The summed E-state index contributed by atoms with van der Waals surface area (Å²) in [7, 11) is 0. The van der Waals surface area contributed by atoms with Crippen LogP contribution >= 0.6 is 0 Å². The number of anilines is 1. The maximum Gasteiger partial charge on any atom is 0.227 e. The lowest BCUT2D eigenvalue weighted by Gasteiger charge is -2.38. The Bertz CT molecular complexity index is 413. The number of piperidine rings is 1. The monoisotopic (exact) mass is 246 g/mol. The smallest absolute Gasteiger partial charge is 0.227 e. The molecule has 1 aliphatic heterocycles. The van der Waals surface area contributed by atoms with Gasteiger partial charge in [0.2, 0.25) is 5.91 Å². The van der Waals surface area contributed by atoms with E-state index in [1.165, 1.54) is 6.42 Å². The van der Waals surface area contributed by atoms with Gasteiger partial charge >= 0.3 is 0 Å². The Balaban J connectivity index is 2.01. The van der Waals surface area contributed by atoms with Crippen LogP contribution in [0, 0.1) is 5.92 Å². The Morgan fingerprint density at radius 1 is 1.33 bits per heavy atom. The second-order valence-corrected chi connectivity index (χ2v) is 5.37.